The predicted octanol–water partition coefficient (Wildman–Crippen LogP) is 2.55. The van der Waals surface area contributed by atoms with Crippen molar-refractivity contribution in [1.82, 2.24) is 0 Å². The molecule has 0 fully saturated rings. The molecule has 2 heteroatoms. The highest BCUT2D eigenvalue weighted by atomic mass is 16.3. The SMILES string of the molecule is OC1c2ccccc2CC12Cc1ccccc1[C@@H]2O. The van der Waals surface area contributed by atoms with E-state index in [0.29, 0.717) is 0 Å². The van der Waals surface area contributed by atoms with Crippen LogP contribution in [0.1, 0.15) is 34.5 Å². The predicted molar refractivity (Wildman–Crippen MR) is 72.6 cm³/mol. The van der Waals surface area contributed by atoms with Crippen LogP contribution >= 0.6 is 0 Å². The van der Waals surface area contributed by atoms with Crippen molar-refractivity contribution in [3.63, 3.8) is 0 Å². The van der Waals surface area contributed by atoms with Crippen LogP contribution in [0.25, 0.3) is 0 Å². The molecule has 2 N–H and O–H groups in total. The van der Waals surface area contributed by atoms with Gasteiger partial charge in [-0.05, 0) is 35.1 Å². The van der Waals surface area contributed by atoms with Crippen molar-refractivity contribution in [2.24, 2.45) is 5.41 Å². The highest BCUT2D eigenvalue weighted by molar-refractivity contribution is 5.45. The Morgan fingerprint density at radius 1 is 0.737 bits per heavy atom. The van der Waals surface area contributed by atoms with E-state index in [1.165, 1.54) is 11.1 Å². The molecule has 0 radical (unpaired) electrons. The van der Waals surface area contributed by atoms with Crippen LogP contribution < -0.4 is 0 Å². The maximum atomic E-state index is 10.7. The lowest BCUT2D eigenvalue weighted by Gasteiger charge is -2.31. The van der Waals surface area contributed by atoms with Crippen LogP contribution in [0.5, 0.6) is 0 Å². The second kappa shape index (κ2) is 3.69. The van der Waals surface area contributed by atoms with Crippen molar-refractivity contribution in [1.29, 1.82) is 0 Å². The molecule has 0 amide bonds. The lowest BCUT2D eigenvalue weighted by Crippen LogP contribution is -2.30. The molecule has 0 saturated heterocycles. The number of benzene rings is 2. The smallest absolute Gasteiger partial charge is 0.0883 e. The Balaban J connectivity index is 1.84. The van der Waals surface area contributed by atoms with E-state index < -0.39 is 17.6 Å². The van der Waals surface area contributed by atoms with Gasteiger partial charge in [-0.2, -0.15) is 0 Å². The molecule has 2 aliphatic carbocycles. The van der Waals surface area contributed by atoms with E-state index >= 15 is 0 Å². The summed E-state index contributed by atoms with van der Waals surface area (Å²) >= 11 is 0. The van der Waals surface area contributed by atoms with Crippen LogP contribution in [0, 0.1) is 5.41 Å². The lowest BCUT2D eigenvalue weighted by atomic mass is 9.77. The fourth-order valence-corrected chi connectivity index (χ4v) is 3.85. The molecular formula is C17H16O2. The van der Waals surface area contributed by atoms with Gasteiger partial charge in [-0.25, -0.2) is 0 Å². The number of hydrogen-bond donors (Lipinski definition) is 2. The number of rotatable bonds is 0. The molecule has 0 aliphatic heterocycles. The van der Waals surface area contributed by atoms with Crippen molar-refractivity contribution in [3.8, 4) is 0 Å². The van der Waals surface area contributed by atoms with Gasteiger partial charge in [0, 0.05) is 5.41 Å². The molecule has 1 spiro atoms. The van der Waals surface area contributed by atoms with E-state index in [9.17, 15) is 10.2 Å². The van der Waals surface area contributed by atoms with Gasteiger partial charge in [0.2, 0.25) is 0 Å². The molecule has 3 atom stereocenters. The molecule has 2 unspecified atom stereocenters. The zero-order valence-electron chi connectivity index (χ0n) is 10.6. The summed E-state index contributed by atoms with van der Waals surface area (Å²) in [7, 11) is 0. The third kappa shape index (κ3) is 1.33. The standard InChI is InChI=1S/C17H16O2/c18-15-13-7-3-1-5-11(13)9-17(15)10-12-6-2-4-8-14(12)16(17)19/h1-8,15-16,18-19H,9-10H2/t15-,16?,17?/m0/s1. The fourth-order valence-electron chi connectivity index (χ4n) is 3.85. The summed E-state index contributed by atoms with van der Waals surface area (Å²) in [6, 6.07) is 16.0. The fraction of sp³-hybridized carbons (Fsp3) is 0.294. The Bertz CT molecular complexity index is 590. The topological polar surface area (TPSA) is 40.5 Å². The molecule has 96 valence electrons. The van der Waals surface area contributed by atoms with E-state index in [2.05, 4.69) is 12.1 Å². The van der Waals surface area contributed by atoms with Crippen LogP contribution in [0.15, 0.2) is 48.5 Å². The first-order valence-corrected chi connectivity index (χ1v) is 6.74. The average molecular weight is 252 g/mol. The van der Waals surface area contributed by atoms with Gasteiger partial charge >= 0.3 is 0 Å². The molecule has 0 saturated carbocycles. The van der Waals surface area contributed by atoms with Gasteiger partial charge in [-0.3, -0.25) is 0 Å². The molecule has 2 aromatic carbocycles. The second-order valence-electron chi connectivity index (χ2n) is 5.79. The summed E-state index contributed by atoms with van der Waals surface area (Å²) in [5, 5.41) is 21.4. The van der Waals surface area contributed by atoms with Crippen molar-refractivity contribution in [2.75, 3.05) is 0 Å². The van der Waals surface area contributed by atoms with Crippen molar-refractivity contribution in [3.05, 3.63) is 70.8 Å². The summed E-state index contributed by atoms with van der Waals surface area (Å²) in [6.07, 6.45) is 0.345. The normalized spacial score (nSPS) is 31.5. The van der Waals surface area contributed by atoms with Crippen LogP contribution in [0.2, 0.25) is 0 Å². The monoisotopic (exact) mass is 252 g/mol. The van der Waals surface area contributed by atoms with E-state index in [1.807, 2.05) is 36.4 Å². The first kappa shape index (κ1) is 11.2. The Morgan fingerprint density at radius 2 is 1.16 bits per heavy atom. The van der Waals surface area contributed by atoms with Gasteiger partial charge in [0.05, 0.1) is 12.2 Å². The lowest BCUT2D eigenvalue weighted by molar-refractivity contribution is -0.0518. The maximum absolute atomic E-state index is 10.7. The number of hydrogen-bond acceptors (Lipinski definition) is 2. The van der Waals surface area contributed by atoms with Crippen LogP contribution in [-0.4, -0.2) is 10.2 Å². The summed E-state index contributed by atoms with van der Waals surface area (Å²) in [5.74, 6) is 0. The minimum absolute atomic E-state index is 0.465. The number of aliphatic hydroxyl groups excluding tert-OH is 2. The quantitative estimate of drug-likeness (QED) is 0.756. The van der Waals surface area contributed by atoms with Gasteiger partial charge in [0.15, 0.2) is 0 Å². The molecule has 0 heterocycles. The molecule has 2 aromatic rings. The van der Waals surface area contributed by atoms with Gasteiger partial charge < -0.3 is 10.2 Å². The third-order valence-corrected chi connectivity index (χ3v) is 4.83. The minimum Gasteiger partial charge on any atom is -0.388 e. The summed E-state index contributed by atoms with van der Waals surface area (Å²) < 4.78 is 0. The largest absolute Gasteiger partial charge is 0.388 e. The molecular weight excluding hydrogens is 236 g/mol. The Kier molecular flexibility index (Phi) is 2.17. The maximum Gasteiger partial charge on any atom is 0.0883 e. The third-order valence-electron chi connectivity index (χ3n) is 4.83. The molecule has 0 aromatic heterocycles. The second-order valence-corrected chi connectivity index (χ2v) is 5.79. The van der Waals surface area contributed by atoms with Gasteiger partial charge in [0.1, 0.15) is 0 Å². The van der Waals surface area contributed by atoms with Crippen molar-refractivity contribution < 1.29 is 10.2 Å². The summed E-state index contributed by atoms with van der Waals surface area (Å²) in [6.45, 7) is 0. The average Bonchev–Trinajstić information content (AvgIpc) is 2.88. The van der Waals surface area contributed by atoms with E-state index in [0.717, 1.165) is 24.0 Å². The van der Waals surface area contributed by atoms with Gasteiger partial charge in [-0.1, -0.05) is 48.5 Å². The highest BCUT2D eigenvalue weighted by Gasteiger charge is 2.54. The van der Waals surface area contributed by atoms with Crippen molar-refractivity contribution >= 4 is 0 Å². The van der Waals surface area contributed by atoms with Crippen LogP contribution in [-0.2, 0) is 12.8 Å². The number of fused-ring (bicyclic) bond motifs is 2. The van der Waals surface area contributed by atoms with Crippen LogP contribution in [0.3, 0.4) is 0 Å². The zero-order chi connectivity index (χ0) is 13.0. The number of aliphatic hydroxyl groups is 2. The zero-order valence-corrected chi connectivity index (χ0v) is 10.6. The molecule has 2 aliphatic rings. The Labute approximate surface area is 112 Å². The minimum atomic E-state index is -0.578. The van der Waals surface area contributed by atoms with Crippen molar-refractivity contribution in [2.45, 2.75) is 25.0 Å². The van der Waals surface area contributed by atoms with E-state index in [-0.39, 0.29) is 0 Å². The Hall–Kier alpha value is -1.64. The molecule has 19 heavy (non-hydrogen) atoms. The van der Waals surface area contributed by atoms with E-state index in [4.69, 9.17) is 0 Å². The van der Waals surface area contributed by atoms with E-state index in [1.54, 1.807) is 0 Å². The van der Waals surface area contributed by atoms with Crippen LogP contribution in [0.4, 0.5) is 0 Å². The Morgan fingerprint density at radius 3 is 1.58 bits per heavy atom. The van der Waals surface area contributed by atoms with Gasteiger partial charge in [-0.15, -0.1) is 0 Å². The first-order chi connectivity index (χ1) is 9.22. The highest BCUT2D eigenvalue weighted by Crippen LogP contribution is 2.58. The molecule has 4 rings (SSSR count). The van der Waals surface area contributed by atoms with Gasteiger partial charge in [0.25, 0.3) is 0 Å². The first-order valence-electron chi connectivity index (χ1n) is 6.74. The summed E-state index contributed by atoms with van der Waals surface area (Å²) in [4.78, 5) is 0. The summed E-state index contributed by atoms with van der Waals surface area (Å²) in [5.41, 5.74) is 3.83. The molecule has 0 bridgehead atoms. The molecule has 2 nitrogen and oxygen atoms in total.